The molecular weight excluding hydrogens is 288 g/mol. The van der Waals surface area contributed by atoms with Crippen LogP contribution >= 0.6 is 0 Å². The molecule has 3 heterocycles. The highest BCUT2D eigenvalue weighted by Gasteiger charge is 2.24. The molecule has 0 saturated carbocycles. The van der Waals surface area contributed by atoms with E-state index in [4.69, 9.17) is 5.26 Å². The standard InChI is InChI=1S/C17H20N6/c1-13-11-19-17(20-12-13)22(2)15-6-8-23(9-7-15)16-5-3-4-14(10-18)21-16/h3-5,11-12,15H,6-9H2,1-2H3. The van der Waals surface area contributed by atoms with Crippen molar-refractivity contribution < 1.29 is 0 Å². The largest absolute Gasteiger partial charge is 0.356 e. The van der Waals surface area contributed by atoms with Crippen LogP contribution in [0.5, 0.6) is 0 Å². The molecule has 23 heavy (non-hydrogen) atoms. The number of pyridine rings is 1. The van der Waals surface area contributed by atoms with E-state index in [0.29, 0.717) is 11.7 Å². The van der Waals surface area contributed by atoms with Crippen LogP contribution in [-0.4, -0.2) is 41.1 Å². The second-order valence-electron chi connectivity index (χ2n) is 5.88. The number of nitriles is 1. The molecule has 2 aromatic heterocycles. The second-order valence-corrected chi connectivity index (χ2v) is 5.88. The number of aromatic nitrogens is 3. The summed E-state index contributed by atoms with van der Waals surface area (Å²) in [5.74, 6) is 1.66. The zero-order valence-corrected chi connectivity index (χ0v) is 13.5. The summed E-state index contributed by atoms with van der Waals surface area (Å²) in [5, 5.41) is 8.97. The SMILES string of the molecule is Cc1cnc(N(C)C2CCN(c3cccc(C#N)n3)CC2)nc1. The molecule has 6 heteroatoms. The molecule has 0 amide bonds. The molecule has 0 aromatic carbocycles. The number of anilines is 2. The molecule has 1 fully saturated rings. The maximum absolute atomic E-state index is 8.97. The minimum absolute atomic E-state index is 0.424. The maximum Gasteiger partial charge on any atom is 0.225 e. The topological polar surface area (TPSA) is 68.9 Å². The zero-order chi connectivity index (χ0) is 16.2. The Balaban J connectivity index is 1.63. The normalized spacial score (nSPS) is 15.3. The van der Waals surface area contributed by atoms with E-state index < -0.39 is 0 Å². The third-order valence-corrected chi connectivity index (χ3v) is 4.27. The third kappa shape index (κ3) is 3.39. The number of rotatable bonds is 3. The Kier molecular flexibility index (Phi) is 4.38. The summed E-state index contributed by atoms with van der Waals surface area (Å²) >= 11 is 0. The first kappa shape index (κ1) is 15.2. The van der Waals surface area contributed by atoms with Crippen molar-refractivity contribution in [2.24, 2.45) is 0 Å². The highest BCUT2D eigenvalue weighted by atomic mass is 15.3. The highest BCUT2D eigenvalue weighted by molar-refractivity contribution is 5.42. The van der Waals surface area contributed by atoms with E-state index in [-0.39, 0.29) is 0 Å². The Hall–Kier alpha value is -2.68. The van der Waals surface area contributed by atoms with Crippen molar-refractivity contribution in [1.29, 1.82) is 5.26 Å². The van der Waals surface area contributed by atoms with Crippen LogP contribution in [-0.2, 0) is 0 Å². The van der Waals surface area contributed by atoms with Gasteiger partial charge in [-0.05, 0) is 37.5 Å². The summed E-state index contributed by atoms with van der Waals surface area (Å²) in [6.07, 6.45) is 5.74. The summed E-state index contributed by atoms with van der Waals surface area (Å²) in [7, 11) is 2.06. The molecule has 1 aliphatic heterocycles. The van der Waals surface area contributed by atoms with E-state index in [1.807, 2.05) is 31.5 Å². The van der Waals surface area contributed by atoms with E-state index >= 15 is 0 Å². The van der Waals surface area contributed by atoms with Crippen LogP contribution in [0.2, 0.25) is 0 Å². The fourth-order valence-electron chi connectivity index (χ4n) is 2.88. The number of aryl methyl sites for hydroxylation is 1. The molecule has 1 saturated heterocycles. The van der Waals surface area contributed by atoms with Crippen molar-refractivity contribution >= 4 is 11.8 Å². The minimum atomic E-state index is 0.424. The Morgan fingerprint density at radius 3 is 2.57 bits per heavy atom. The lowest BCUT2D eigenvalue weighted by atomic mass is 10.0. The molecule has 1 aliphatic rings. The van der Waals surface area contributed by atoms with Crippen molar-refractivity contribution in [1.82, 2.24) is 15.0 Å². The maximum atomic E-state index is 8.97. The van der Waals surface area contributed by atoms with Gasteiger partial charge in [0.05, 0.1) is 0 Å². The third-order valence-electron chi connectivity index (χ3n) is 4.27. The molecule has 0 unspecified atom stereocenters. The van der Waals surface area contributed by atoms with Crippen molar-refractivity contribution in [3.8, 4) is 6.07 Å². The molecule has 0 bridgehead atoms. The quantitative estimate of drug-likeness (QED) is 0.865. The minimum Gasteiger partial charge on any atom is -0.356 e. The summed E-state index contributed by atoms with van der Waals surface area (Å²) in [4.78, 5) is 17.6. The van der Waals surface area contributed by atoms with Gasteiger partial charge >= 0.3 is 0 Å². The molecular formula is C17H20N6. The number of hydrogen-bond acceptors (Lipinski definition) is 6. The van der Waals surface area contributed by atoms with Crippen LogP contribution in [0, 0.1) is 18.3 Å². The molecule has 118 valence electrons. The lowest BCUT2D eigenvalue weighted by Crippen LogP contribution is -2.44. The molecule has 0 spiro atoms. The van der Waals surface area contributed by atoms with E-state index in [1.165, 1.54) is 0 Å². The first-order valence-electron chi connectivity index (χ1n) is 7.81. The van der Waals surface area contributed by atoms with Gasteiger partial charge in [0.25, 0.3) is 0 Å². The second kappa shape index (κ2) is 6.61. The van der Waals surface area contributed by atoms with Crippen LogP contribution in [0.15, 0.2) is 30.6 Å². The monoisotopic (exact) mass is 308 g/mol. The average Bonchev–Trinajstić information content (AvgIpc) is 2.62. The van der Waals surface area contributed by atoms with Crippen LogP contribution in [0.25, 0.3) is 0 Å². The molecule has 0 radical (unpaired) electrons. The average molecular weight is 308 g/mol. The summed E-state index contributed by atoms with van der Waals surface area (Å²) in [5.41, 5.74) is 1.54. The number of piperidine rings is 1. The van der Waals surface area contributed by atoms with Gasteiger partial charge < -0.3 is 9.80 Å². The Morgan fingerprint density at radius 1 is 1.22 bits per heavy atom. The Labute approximate surface area is 136 Å². The van der Waals surface area contributed by atoms with Gasteiger partial charge in [-0.15, -0.1) is 0 Å². The number of nitrogens with zero attached hydrogens (tertiary/aromatic N) is 6. The van der Waals surface area contributed by atoms with Crippen molar-refractivity contribution in [3.63, 3.8) is 0 Å². The van der Waals surface area contributed by atoms with Crippen molar-refractivity contribution in [2.45, 2.75) is 25.8 Å². The van der Waals surface area contributed by atoms with Crippen molar-refractivity contribution in [3.05, 3.63) is 41.9 Å². The van der Waals surface area contributed by atoms with Gasteiger partial charge in [-0.3, -0.25) is 0 Å². The van der Waals surface area contributed by atoms with Gasteiger partial charge in [-0.25, -0.2) is 15.0 Å². The van der Waals surface area contributed by atoms with E-state index in [2.05, 4.69) is 37.9 Å². The fourth-order valence-corrected chi connectivity index (χ4v) is 2.88. The molecule has 0 N–H and O–H groups in total. The van der Waals surface area contributed by atoms with E-state index in [1.54, 1.807) is 6.07 Å². The van der Waals surface area contributed by atoms with Crippen LogP contribution in [0.4, 0.5) is 11.8 Å². The van der Waals surface area contributed by atoms with Gasteiger partial charge in [-0.2, -0.15) is 5.26 Å². The van der Waals surface area contributed by atoms with Crippen molar-refractivity contribution in [2.75, 3.05) is 29.9 Å². The molecule has 6 nitrogen and oxygen atoms in total. The molecule has 0 atom stereocenters. The summed E-state index contributed by atoms with van der Waals surface area (Å²) in [6, 6.07) is 8.11. The van der Waals surface area contributed by atoms with Gasteiger partial charge in [0.15, 0.2) is 0 Å². The first-order valence-corrected chi connectivity index (χ1v) is 7.81. The van der Waals surface area contributed by atoms with Crippen LogP contribution in [0.3, 0.4) is 0 Å². The Morgan fingerprint density at radius 2 is 1.91 bits per heavy atom. The lowest BCUT2D eigenvalue weighted by Gasteiger charge is -2.37. The van der Waals surface area contributed by atoms with Gasteiger partial charge in [0.2, 0.25) is 5.95 Å². The van der Waals surface area contributed by atoms with Gasteiger partial charge in [-0.1, -0.05) is 6.07 Å². The smallest absolute Gasteiger partial charge is 0.225 e. The van der Waals surface area contributed by atoms with Gasteiger partial charge in [0.1, 0.15) is 17.6 Å². The van der Waals surface area contributed by atoms with Crippen LogP contribution in [0.1, 0.15) is 24.1 Å². The Bertz CT molecular complexity index is 698. The summed E-state index contributed by atoms with van der Waals surface area (Å²) < 4.78 is 0. The lowest BCUT2D eigenvalue weighted by molar-refractivity contribution is 0.475. The molecule has 0 aliphatic carbocycles. The molecule has 3 rings (SSSR count). The fraction of sp³-hybridized carbons (Fsp3) is 0.412. The highest BCUT2D eigenvalue weighted by Crippen LogP contribution is 2.22. The zero-order valence-electron chi connectivity index (χ0n) is 13.5. The van der Waals surface area contributed by atoms with E-state index in [9.17, 15) is 0 Å². The predicted octanol–water partition coefficient (Wildman–Crippen LogP) is 2.16. The first-order chi connectivity index (χ1) is 11.2. The number of hydrogen-bond donors (Lipinski definition) is 0. The van der Waals surface area contributed by atoms with E-state index in [0.717, 1.165) is 43.3 Å². The van der Waals surface area contributed by atoms with Gasteiger partial charge in [0, 0.05) is 38.6 Å². The van der Waals surface area contributed by atoms with Crippen LogP contribution < -0.4 is 9.80 Å². The summed E-state index contributed by atoms with van der Waals surface area (Å²) in [6.45, 7) is 3.83. The predicted molar refractivity (Wildman–Crippen MR) is 89.4 cm³/mol. The molecule has 2 aromatic rings.